The first-order valence-corrected chi connectivity index (χ1v) is 10.8. The van der Waals surface area contributed by atoms with E-state index in [4.69, 9.17) is 23.1 Å². The van der Waals surface area contributed by atoms with Crippen LogP contribution in [0.3, 0.4) is 0 Å². The third kappa shape index (κ3) is 3.88. The molecule has 0 radical (unpaired) electrons. The van der Waals surface area contributed by atoms with Gasteiger partial charge in [-0.1, -0.05) is 11.6 Å². The van der Waals surface area contributed by atoms with E-state index in [-0.39, 0.29) is 0 Å². The number of amides is 3. The van der Waals surface area contributed by atoms with Crippen molar-refractivity contribution in [3.8, 4) is 0 Å². The molecule has 1 unspecified atom stereocenters. The van der Waals surface area contributed by atoms with Crippen molar-refractivity contribution in [2.75, 3.05) is 23.7 Å². The molecule has 1 atom stereocenters. The zero-order valence-corrected chi connectivity index (χ0v) is 17.4. The molecule has 3 heterocycles. The average molecular weight is 433 g/mol. The van der Waals surface area contributed by atoms with Crippen LogP contribution in [0.4, 0.5) is 15.5 Å². The molecule has 2 aromatic rings. The summed E-state index contributed by atoms with van der Waals surface area (Å²) >= 11 is 7.31. The number of fused-ring (bicyclic) bond motifs is 3. The van der Waals surface area contributed by atoms with Crippen molar-refractivity contribution in [2.24, 2.45) is 11.5 Å². The second-order valence-electron chi connectivity index (χ2n) is 7.23. The van der Waals surface area contributed by atoms with Gasteiger partial charge in [0.05, 0.1) is 11.1 Å². The zero-order valence-electron chi connectivity index (χ0n) is 15.8. The van der Waals surface area contributed by atoms with E-state index in [0.29, 0.717) is 33.9 Å². The molecule has 0 spiro atoms. The van der Waals surface area contributed by atoms with Crippen molar-refractivity contribution in [1.29, 1.82) is 0 Å². The van der Waals surface area contributed by atoms with E-state index in [1.165, 1.54) is 11.3 Å². The Bertz CT molecular complexity index is 999. The van der Waals surface area contributed by atoms with Gasteiger partial charge < -0.3 is 16.8 Å². The lowest BCUT2D eigenvalue weighted by Gasteiger charge is -2.16. The molecule has 2 aliphatic heterocycles. The summed E-state index contributed by atoms with van der Waals surface area (Å²) in [6.07, 6.45) is 3.74. The SMILES string of the molecule is NCCC[N+]1=C2CCC1Cc1sc(NC(=O)Nc3ccc(Cl)cc3)c(C(N)=O)c12. The summed E-state index contributed by atoms with van der Waals surface area (Å²) in [5, 5.41) is 6.64. The maximum absolute atomic E-state index is 12.5. The Labute approximate surface area is 177 Å². The Balaban J connectivity index is 1.62. The zero-order chi connectivity index (χ0) is 20.5. The summed E-state index contributed by atoms with van der Waals surface area (Å²) in [6.45, 7) is 1.51. The van der Waals surface area contributed by atoms with E-state index < -0.39 is 11.9 Å². The van der Waals surface area contributed by atoms with E-state index in [0.717, 1.165) is 48.4 Å². The maximum atomic E-state index is 12.5. The minimum atomic E-state index is -0.527. The molecule has 9 heteroatoms. The molecule has 1 aromatic carbocycles. The molecule has 2 aliphatic rings. The molecule has 6 N–H and O–H groups in total. The Morgan fingerprint density at radius 2 is 2.00 bits per heavy atom. The molecular weight excluding hydrogens is 410 g/mol. The fraction of sp³-hybridized carbons (Fsp3) is 0.350. The molecule has 0 aliphatic carbocycles. The van der Waals surface area contributed by atoms with Gasteiger partial charge in [-0.25, -0.2) is 9.37 Å². The maximum Gasteiger partial charge on any atom is 0.324 e. The van der Waals surface area contributed by atoms with Gasteiger partial charge in [-0.05, 0) is 30.8 Å². The fourth-order valence-corrected chi connectivity index (χ4v) is 5.56. The number of rotatable bonds is 6. The molecule has 2 bridgehead atoms. The number of primary amides is 1. The van der Waals surface area contributed by atoms with E-state index in [1.807, 2.05) is 0 Å². The number of hydrogen-bond donors (Lipinski definition) is 4. The first kappa shape index (κ1) is 19.9. The topological polar surface area (TPSA) is 113 Å². The van der Waals surface area contributed by atoms with Crippen LogP contribution in [0.1, 0.15) is 40.1 Å². The number of nitrogens with zero attached hydrogens (tertiary/aromatic N) is 1. The van der Waals surface area contributed by atoms with Gasteiger partial charge in [-0.3, -0.25) is 10.1 Å². The Morgan fingerprint density at radius 3 is 2.69 bits per heavy atom. The van der Waals surface area contributed by atoms with Crippen molar-refractivity contribution in [1.82, 2.24) is 0 Å². The fourth-order valence-electron chi connectivity index (χ4n) is 4.15. The summed E-state index contributed by atoms with van der Waals surface area (Å²) in [5.41, 5.74) is 14.5. The lowest BCUT2D eigenvalue weighted by Crippen LogP contribution is -2.33. The number of halogens is 1. The first-order valence-electron chi connectivity index (χ1n) is 9.60. The van der Waals surface area contributed by atoms with E-state index in [1.54, 1.807) is 24.3 Å². The highest BCUT2D eigenvalue weighted by molar-refractivity contribution is 7.17. The molecule has 0 fully saturated rings. The number of anilines is 2. The van der Waals surface area contributed by atoms with Crippen molar-refractivity contribution in [3.63, 3.8) is 0 Å². The van der Waals surface area contributed by atoms with E-state index >= 15 is 0 Å². The average Bonchev–Trinajstić information content (AvgIpc) is 3.18. The van der Waals surface area contributed by atoms with Crippen molar-refractivity contribution < 1.29 is 14.2 Å². The van der Waals surface area contributed by atoms with Gasteiger partial charge in [0.25, 0.3) is 5.91 Å². The number of carbonyl (C=O) groups is 2. The Kier molecular flexibility index (Phi) is 5.58. The number of nitrogens with one attached hydrogen (secondary N) is 2. The van der Waals surface area contributed by atoms with Crippen LogP contribution in [0.25, 0.3) is 0 Å². The monoisotopic (exact) mass is 432 g/mol. The predicted molar refractivity (Wildman–Crippen MR) is 117 cm³/mol. The smallest absolute Gasteiger partial charge is 0.324 e. The first-order chi connectivity index (χ1) is 14.0. The van der Waals surface area contributed by atoms with Gasteiger partial charge in [-0.2, -0.15) is 0 Å². The van der Waals surface area contributed by atoms with Crippen LogP contribution in [-0.4, -0.2) is 41.4 Å². The minimum absolute atomic E-state index is 0.407. The number of nitrogens with two attached hydrogens (primary N) is 2. The van der Waals surface area contributed by atoms with Crippen molar-refractivity contribution >= 4 is 51.3 Å². The molecular formula is C20H23ClN5O2S+. The summed E-state index contributed by atoms with van der Waals surface area (Å²) in [5.74, 6) is -0.527. The Hall–Kier alpha value is -2.42. The van der Waals surface area contributed by atoms with E-state index in [9.17, 15) is 9.59 Å². The molecule has 4 rings (SSSR count). The van der Waals surface area contributed by atoms with Crippen molar-refractivity contribution in [2.45, 2.75) is 31.7 Å². The van der Waals surface area contributed by atoms with Gasteiger partial charge >= 0.3 is 6.03 Å². The number of benzene rings is 1. The predicted octanol–water partition coefficient (Wildman–Crippen LogP) is 3.01. The summed E-state index contributed by atoms with van der Waals surface area (Å²) < 4.78 is 2.37. The van der Waals surface area contributed by atoms with Crippen LogP contribution >= 0.6 is 22.9 Å². The molecule has 0 saturated heterocycles. The molecule has 3 amide bonds. The minimum Gasteiger partial charge on any atom is -0.365 e. The molecule has 1 aromatic heterocycles. The van der Waals surface area contributed by atoms with Crippen LogP contribution in [0, 0.1) is 0 Å². The highest BCUT2D eigenvalue weighted by atomic mass is 35.5. The van der Waals surface area contributed by atoms with Crippen LogP contribution in [0.15, 0.2) is 24.3 Å². The van der Waals surface area contributed by atoms with Crippen molar-refractivity contribution in [3.05, 3.63) is 45.3 Å². The highest BCUT2D eigenvalue weighted by Crippen LogP contribution is 2.41. The van der Waals surface area contributed by atoms with Gasteiger partial charge in [0.1, 0.15) is 11.5 Å². The summed E-state index contributed by atoms with van der Waals surface area (Å²) in [6, 6.07) is 6.81. The normalized spacial score (nSPS) is 17.2. The number of carbonyl (C=O) groups excluding carboxylic acids is 2. The third-order valence-electron chi connectivity index (χ3n) is 5.37. The van der Waals surface area contributed by atoms with Crippen LogP contribution in [-0.2, 0) is 6.42 Å². The lowest BCUT2D eigenvalue weighted by molar-refractivity contribution is -0.559. The van der Waals surface area contributed by atoms with Crippen LogP contribution in [0.2, 0.25) is 5.02 Å². The van der Waals surface area contributed by atoms with Crippen LogP contribution in [0.5, 0.6) is 0 Å². The molecule has 7 nitrogen and oxygen atoms in total. The van der Waals surface area contributed by atoms with E-state index in [2.05, 4.69) is 15.2 Å². The van der Waals surface area contributed by atoms with Gasteiger partial charge in [-0.15, -0.1) is 11.3 Å². The van der Waals surface area contributed by atoms with Crippen LogP contribution < -0.4 is 22.1 Å². The van der Waals surface area contributed by atoms with Gasteiger partial charge in [0.2, 0.25) is 0 Å². The largest absolute Gasteiger partial charge is 0.365 e. The van der Waals surface area contributed by atoms with Gasteiger partial charge in [0.15, 0.2) is 11.8 Å². The third-order valence-corrected chi connectivity index (χ3v) is 6.75. The quantitative estimate of drug-likeness (QED) is 0.526. The molecule has 152 valence electrons. The summed E-state index contributed by atoms with van der Waals surface area (Å²) in [4.78, 5) is 25.9. The number of urea groups is 1. The Morgan fingerprint density at radius 1 is 1.24 bits per heavy atom. The summed E-state index contributed by atoms with van der Waals surface area (Å²) in [7, 11) is 0. The highest BCUT2D eigenvalue weighted by Gasteiger charge is 2.43. The number of thiophene rings is 1. The standard InChI is InChI=1S/C20H22ClN5O2S/c21-11-2-4-12(5-3-11)24-20(28)25-19-17(18(23)27)16-14-7-6-13(10-15(16)29-19)26(14)9-1-8-22/h2-5,13H,1,6-10,22H2,(H3-,23,24,25,27,28)/p+1. The molecule has 29 heavy (non-hydrogen) atoms. The number of hydrogen-bond acceptors (Lipinski definition) is 4. The van der Waals surface area contributed by atoms with Gasteiger partial charge in [0, 0.05) is 41.3 Å². The second kappa shape index (κ2) is 8.14. The lowest BCUT2D eigenvalue weighted by atomic mass is 10.0. The molecule has 0 saturated carbocycles. The second-order valence-corrected chi connectivity index (χ2v) is 8.78.